The zero-order valence-electron chi connectivity index (χ0n) is 10.6. The Balaban J connectivity index is 1.95. The molecule has 0 radical (unpaired) electrons. The van der Waals surface area contributed by atoms with E-state index in [1.165, 1.54) is 0 Å². The zero-order valence-corrected chi connectivity index (χ0v) is 10.6. The Bertz CT molecular complexity index is 470. The smallest absolute Gasteiger partial charge is 0.227 e. The van der Waals surface area contributed by atoms with Crippen molar-refractivity contribution in [3.63, 3.8) is 0 Å². The van der Waals surface area contributed by atoms with Crippen LogP contribution >= 0.6 is 0 Å². The van der Waals surface area contributed by atoms with E-state index >= 15 is 0 Å². The topological polar surface area (TPSA) is 76.7 Å². The van der Waals surface area contributed by atoms with Gasteiger partial charge in [0, 0.05) is 24.9 Å². The van der Waals surface area contributed by atoms with Gasteiger partial charge in [-0.3, -0.25) is 4.98 Å². The van der Waals surface area contributed by atoms with Gasteiger partial charge >= 0.3 is 0 Å². The first-order chi connectivity index (χ1) is 8.79. The Morgan fingerprint density at radius 2 is 2.28 bits per heavy atom. The minimum absolute atomic E-state index is 0.446. The lowest BCUT2D eigenvalue weighted by Gasteiger charge is -2.09. The van der Waals surface area contributed by atoms with Crippen molar-refractivity contribution >= 4 is 0 Å². The predicted octanol–water partition coefficient (Wildman–Crippen LogP) is 1.46. The summed E-state index contributed by atoms with van der Waals surface area (Å²) < 4.78 is 5.19. The number of nitrogens with one attached hydrogen (secondary N) is 1. The van der Waals surface area contributed by atoms with Crippen LogP contribution < -0.4 is 5.32 Å². The lowest BCUT2D eigenvalue weighted by Crippen LogP contribution is -2.25. The number of nitrogens with zero attached hydrogens (tertiary/aromatic N) is 4. The summed E-state index contributed by atoms with van der Waals surface area (Å²) in [6, 6.07) is 0.446. The molecule has 1 unspecified atom stereocenters. The molecule has 0 saturated carbocycles. The zero-order chi connectivity index (χ0) is 12.8. The van der Waals surface area contributed by atoms with Crippen molar-refractivity contribution in [1.29, 1.82) is 0 Å². The molecule has 6 heteroatoms. The van der Waals surface area contributed by atoms with Gasteiger partial charge in [0.2, 0.25) is 11.7 Å². The van der Waals surface area contributed by atoms with Crippen molar-refractivity contribution in [2.24, 2.45) is 0 Å². The molecular formula is C12H17N5O. The molecule has 0 spiro atoms. The summed E-state index contributed by atoms with van der Waals surface area (Å²) in [6.07, 6.45) is 6.58. The lowest BCUT2D eigenvalue weighted by atomic mass is 10.2. The highest BCUT2D eigenvalue weighted by Crippen LogP contribution is 2.12. The molecular weight excluding hydrogens is 230 g/mol. The molecule has 0 aromatic carbocycles. The molecule has 1 N–H and O–H groups in total. The van der Waals surface area contributed by atoms with Crippen molar-refractivity contribution in [3.8, 4) is 11.5 Å². The lowest BCUT2D eigenvalue weighted by molar-refractivity contribution is 0.368. The van der Waals surface area contributed by atoms with Crippen LogP contribution in [0.25, 0.3) is 11.5 Å². The fourth-order valence-corrected chi connectivity index (χ4v) is 1.67. The number of aryl methyl sites for hydroxylation is 1. The Morgan fingerprint density at radius 3 is 3.00 bits per heavy atom. The van der Waals surface area contributed by atoms with Gasteiger partial charge in [-0.2, -0.15) is 4.98 Å². The highest BCUT2D eigenvalue weighted by Gasteiger charge is 2.10. The largest absolute Gasteiger partial charge is 0.339 e. The van der Waals surface area contributed by atoms with Crippen molar-refractivity contribution in [2.45, 2.75) is 32.7 Å². The molecule has 0 fully saturated rings. The first kappa shape index (κ1) is 12.6. The quantitative estimate of drug-likeness (QED) is 0.832. The first-order valence-electron chi connectivity index (χ1n) is 6.12. The molecule has 2 rings (SSSR count). The van der Waals surface area contributed by atoms with E-state index in [9.17, 15) is 0 Å². The standard InChI is InChI=1S/C12H17N5O/c1-3-14-9(2)4-5-11-16-12(17-18-11)10-8-13-6-7-15-10/h6-9,14H,3-5H2,1-2H3. The summed E-state index contributed by atoms with van der Waals surface area (Å²) >= 11 is 0. The summed E-state index contributed by atoms with van der Waals surface area (Å²) in [5.41, 5.74) is 0.632. The summed E-state index contributed by atoms with van der Waals surface area (Å²) in [7, 11) is 0. The average Bonchev–Trinajstić information content (AvgIpc) is 2.87. The Labute approximate surface area is 106 Å². The molecule has 18 heavy (non-hydrogen) atoms. The van der Waals surface area contributed by atoms with E-state index in [1.54, 1.807) is 18.6 Å². The fraction of sp³-hybridized carbons (Fsp3) is 0.500. The second-order valence-corrected chi connectivity index (χ2v) is 4.10. The van der Waals surface area contributed by atoms with Gasteiger partial charge in [-0.1, -0.05) is 12.1 Å². The number of hydrogen-bond acceptors (Lipinski definition) is 6. The predicted molar refractivity (Wildman–Crippen MR) is 66.8 cm³/mol. The molecule has 6 nitrogen and oxygen atoms in total. The van der Waals surface area contributed by atoms with Crippen LogP contribution in [-0.4, -0.2) is 32.7 Å². The first-order valence-corrected chi connectivity index (χ1v) is 6.12. The van der Waals surface area contributed by atoms with Crippen LogP contribution in [0, 0.1) is 0 Å². The summed E-state index contributed by atoms with van der Waals surface area (Å²) in [6.45, 7) is 5.20. The van der Waals surface area contributed by atoms with Crippen molar-refractivity contribution in [3.05, 3.63) is 24.5 Å². The number of rotatable bonds is 6. The van der Waals surface area contributed by atoms with Crippen LogP contribution in [0.5, 0.6) is 0 Å². The molecule has 0 amide bonds. The maximum Gasteiger partial charge on any atom is 0.227 e. The third kappa shape index (κ3) is 3.33. The highest BCUT2D eigenvalue weighted by molar-refractivity contribution is 5.45. The molecule has 96 valence electrons. The van der Waals surface area contributed by atoms with E-state index in [1.807, 2.05) is 0 Å². The monoisotopic (exact) mass is 247 g/mol. The summed E-state index contributed by atoms with van der Waals surface area (Å²) in [4.78, 5) is 12.4. The van der Waals surface area contributed by atoms with Crippen LogP contribution in [-0.2, 0) is 6.42 Å². The van der Waals surface area contributed by atoms with Crippen LogP contribution in [0.4, 0.5) is 0 Å². The highest BCUT2D eigenvalue weighted by atomic mass is 16.5. The number of hydrogen-bond donors (Lipinski definition) is 1. The van der Waals surface area contributed by atoms with Gasteiger partial charge in [0.05, 0.1) is 6.20 Å². The maximum atomic E-state index is 5.19. The van der Waals surface area contributed by atoms with E-state index in [-0.39, 0.29) is 0 Å². The van der Waals surface area contributed by atoms with E-state index in [2.05, 4.69) is 39.3 Å². The molecule has 0 aliphatic carbocycles. The molecule has 2 aromatic rings. The summed E-state index contributed by atoms with van der Waals surface area (Å²) in [5.74, 6) is 1.13. The molecule has 0 bridgehead atoms. The number of aromatic nitrogens is 4. The second-order valence-electron chi connectivity index (χ2n) is 4.10. The van der Waals surface area contributed by atoms with Gasteiger partial charge in [0.15, 0.2) is 0 Å². The molecule has 1 atom stereocenters. The maximum absolute atomic E-state index is 5.19. The molecule has 0 aliphatic heterocycles. The van der Waals surface area contributed by atoms with Gasteiger partial charge in [-0.25, -0.2) is 4.98 Å². The molecule has 2 heterocycles. The van der Waals surface area contributed by atoms with Crippen LogP contribution in [0.3, 0.4) is 0 Å². The Kier molecular flexibility index (Phi) is 4.35. The van der Waals surface area contributed by atoms with Gasteiger partial charge in [0.1, 0.15) is 5.69 Å². The average molecular weight is 247 g/mol. The molecule has 0 saturated heterocycles. The minimum atomic E-state index is 0.446. The Hall–Kier alpha value is -1.82. The van der Waals surface area contributed by atoms with Gasteiger partial charge in [-0.15, -0.1) is 0 Å². The van der Waals surface area contributed by atoms with Gasteiger partial charge in [0.25, 0.3) is 0 Å². The van der Waals surface area contributed by atoms with Crippen molar-refractivity contribution < 1.29 is 4.52 Å². The summed E-state index contributed by atoms with van der Waals surface area (Å²) in [5, 5.41) is 7.24. The van der Waals surface area contributed by atoms with Crippen LogP contribution in [0.15, 0.2) is 23.1 Å². The third-order valence-electron chi connectivity index (χ3n) is 2.60. The van der Waals surface area contributed by atoms with Crippen molar-refractivity contribution in [2.75, 3.05) is 6.54 Å². The molecule has 0 aliphatic rings. The normalized spacial score (nSPS) is 12.6. The van der Waals surface area contributed by atoms with Crippen LogP contribution in [0.1, 0.15) is 26.2 Å². The van der Waals surface area contributed by atoms with Crippen molar-refractivity contribution in [1.82, 2.24) is 25.4 Å². The fourth-order valence-electron chi connectivity index (χ4n) is 1.67. The van der Waals surface area contributed by atoms with E-state index < -0.39 is 0 Å². The van der Waals surface area contributed by atoms with E-state index in [4.69, 9.17) is 4.52 Å². The minimum Gasteiger partial charge on any atom is -0.339 e. The van der Waals surface area contributed by atoms with E-state index in [0.717, 1.165) is 19.4 Å². The SMILES string of the molecule is CCNC(C)CCc1nc(-c2cnccn2)no1. The van der Waals surface area contributed by atoms with Gasteiger partial charge < -0.3 is 9.84 Å². The Morgan fingerprint density at radius 1 is 1.39 bits per heavy atom. The second kappa shape index (κ2) is 6.20. The molecule has 2 aromatic heterocycles. The third-order valence-corrected chi connectivity index (χ3v) is 2.60. The van der Waals surface area contributed by atoms with Crippen LogP contribution in [0.2, 0.25) is 0 Å². The van der Waals surface area contributed by atoms with Gasteiger partial charge in [-0.05, 0) is 19.9 Å². The van der Waals surface area contributed by atoms with E-state index in [0.29, 0.717) is 23.5 Å².